The van der Waals surface area contributed by atoms with Crippen LogP contribution in [0, 0.1) is 11.8 Å². The third kappa shape index (κ3) is 4.25. The summed E-state index contributed by atoms with van der Waals surface area (Å²) >= 11 is 0. The second kappa shape index (κ2) is 6.02. The maximum Gasteiger partial charge on any atom is 0.309 e. The predicted octanol–water partition coefficient (Wildman–Crippen LogP) is 1.76. The number of hydrogen-bond acceptors (Lipinski definition) is 3. The Morgan fingerprint density at radius 3 is 2.50 bits per heavy atom. The molecule has 0 aliphatic carbocycles. The molecule has 1 saturated heterocycles. The summed E-state index contributed by atoms with van der Waals surface area (Å²) in [5, 5.41) is 9.29. The minimum Gasteiger partial charge on any atom is -0.481 e. The SMILES string of the molecule is CC(C)CCN1CC(C(=O)O)CN(C)CC1(C)C. The molecule has 1 N–H and O–H groups in total. The van der Waals surface area contributed by atoms with Gasteiger partial charge >= 0.3 is 5.97 Å². The normalized spacial score (nSPS) is 26.2. The molecule has 4 nitrogen and oxygen atoms in total. The number of hydrogen-bond donors (Lipinski definition) is 1. The lowest BCUT2D eigenvalue weighted by Crippen LogP contribution is -2.49. The van der Waals surface area contributed by atoms with Crippen LogP contribution >= 0.6 is 0 Å². The molecule has 1 unspecified atom stereocenters. The van der Waals surface area contributed by atoms with Crippen molar-refractivity contribution in [3.05, 3.63) is 0 Å². The summed E-state index contributed by atoms with van der Waals surface area (Å²) in [5.74, 6) is -0.289. The molecule has 0 saturated carbocycles. The molecule has 0 aromatic heterocycles. The van der Waals surface area contributed by atoms with Gasteiger partial charge in [0.15, 0.2) is 0 Å². The maximum absolute atomic E-state index is 11.3. The van der Waals surface area contributed by atoms with Crippen LogP contribution in [0.4, 0.5) is 0 Å². The van der Waals surface area contributed by atoms with Crippen molar-refractivity contribution in [3.63, 3.8) is 0 Å². The van der Waals surface area contributed by atoms with Crippen LogP contribution in [-0.2, 0) is 4.79 Å². The third-order valence-corrected chi connectivity index (χ3v) is 3.81. The van der Waals surface area contributed by atoms with Crippen molar-refractivity contribution in [1.82, 2.24) is 9.80 Å². The molecular weight excluding hydrogens is 228 g/mol. The number of aliphatic carboxylic acids is 1. The van der Waals surface area contributed by atoms with Gasteiger partial charge in [0.2, 0.25) is 0 Å². The van der Waals surface area contributed by atoms with E-state index in [1.54, 1.807) is 0 Å². The monoisotopic (exact) mass is 256 g/mol. The van der Waals surface area contributed by atoms with Gasteiger partial charge < -0.3 is 10.0 Å². The van der Waals surface area contributed by atoms with E-state index in [1.807, 2.05) is 7.05 Å². The number of carboxylic acids is 1. The molecule has 0 bridgehead atoms. The number of carboxylic acid groups (broad SMARTS) is 1. The smallest absolute Gasteiger partial charge is 0.309 e. The molecular formula is C14H28N2O2. The molecule has 1 atom stereocenters. The van der Waals surface area contributed by atoms with Crippen LogP contribution in [0.1, 0.15) is 34.1 Å². The number of likely N-dealkylation sites (N-methyl/N-ethyl adjacent to an activating group) is 1. The van der Waals surface area contributed by atoms with Crippen molar-refractivity contribution >= 4 is 5.97 Å². The Kier molecular flexibility index (Phi) is 5.17. The summed E-state index contributed by atoms with van der Waals surface area (Å²) in [6.45, 7) is 12.1. The number of nitrogens with zero attached hydrogens (tertiary/aromatic N) is 2. The van der Waals surface area contributed by atoms with Crippen LogP contribution in [-0.4, -0.2) is 59.6 Å². The Morgan fingerprint density at radius 2 is 2.00 bits per heavy atom. The highest BCUT2D eigenvalue weighted by Crippen LogP contribution is 2.23. The van der Waals surface area contributed by atoms with Crippen molar-refractivity contribution in [3.8, 4) is 0 Å². The molecule has 0 aromatic rings. The Labute approximate surface area is 111 Å². The van der Waals surface area contributed by atoms with Crippen molar-refractivity contribution in [1.29, 1.82) is 0 Å². The quantitative estimate of drug-likeness (QED) is 0.832. The Bertz CT molecular complexity index is 290. The lowest BCUT2D eigenvalue weighted by molar-refractivity contribution is -0.142. The molecule has 1 fully saturated rings. The lowest BCUT2D eigenvalue weighted by atomic mass is 10.00. The highest BCUT2D eigenvalue weighted by atomic mass is 16.4. The summed E-state index contributed by atoms with van der Waals surface area (Å²) in [5.41, 5.74) is 0.0494. The van der Waals surface area contributed by atoms with E-state index in [0.29, 0.717) is 19.0 Å². The van der Waals surface area contributed by atoms with Crippen LogP contribution in [0.3, 0.4) is 0 Å². The van der Waals surface area contributed by atoms with E-state index in [-0.39, 0.29) is 11.5 Å². The van der Waals surface area contributed by atoms with Crippen LogP contribution in [0.25, 0.3) is 0 Å². The Balaban J connectivity index is 2.78. The van der Waals surface area contributed by atoms with Gasteiger partial charge in [-0.05, 0) is 39.8 Å². The fourth-order valence-corrected chi connectivity index (χ4v) is 2.74. The second-order valence-electron chi connectivity index (χ2n) is 6.67. The van der Waals surface area contributed by atoms with Gasteiger partial charge in [-0.2, -0.15) is 0 Å². The minimum absolute atomic E-state index is 0.0494. The highest BCUT2D eigenvalue weighted by Gasteiger charge is 2.36. The van der Waals surface area contributed by atoms with Crippen LogP contribution in [0.2, 0.25) is 0 Å². The Hall–Kier alpha value is -0.610. The molecule has 0 spiro atoms. The van der Waals surface area contributed by atoms with Crippen molar-refractivity contribution in [2.75, 3.05) is 33.2 Å². The molecule has 0 radical (unpaired) electrons. The fraction of sp³-hybridized carbons (Fsp3) is 0.929. The van der Waals surface area contributed by atoms with E-state index in [0.717, 1.165) is 19.5 Å². The fourth-order valence-electron chi connectivity index (χ4n) is 2.74. The summed E-state index contributed by atoms with van der Waals surface area (Å²) < 4.78 is 0. The van der Waals surface area contributed by atoms with Gasteiger partial charge in [0.05, 0.1) is 5.92 Å². The zero-order valence-electron chi connectivity index (χ0n) is 12.4. The summed E-state index contributed by atoms with van der Waals surface area (Å²) in [4.78, 5) is 15.8. The van der Waals surface area contributed by atoms with Gasteiger partial charge in [0, 0.05) is 25.2 Å². The maximum atomic E-state index is 11.3. The topological polar surface area (TPSA) is 43.8 Å². The first kappa shape index (κ1) is 15.4. The van der Waals surface area contributed by atoms with Gasteiger partial charge in [-0.3, -0.25) is 9.69 Å². The molecule has 1 heterocycles. The van der Waals surface area contributed by atoms with Crippen molar-refractivity contribution < 1.29 is 9.90 Å². The van der Waals surface area contributed by atoms with Crippen LogP contribution < -0.4 is 0 Å². The minimum atomic E-state index is -0.672. The third-order valence-electron chi connectivity index (χ3n) is 3.81. The molecule has 1 aliphatic rings. The summed E-state index contributed by atoms with van der Waals surface area (Å²) in [7, 11) is 2.02. The average Bonchev–Trinajstić information content (AvgIpc) is 2.30. The largest absolute Gasteiger partial charge is 0.481 e. The average molecular weight is 256 g/mol. The number of carbonyl (C=O) groups is 1. The standard InChI is InChI=1S/C14H28N2O2/c1-11(2)6-7-16-9-12(13(17)18)8-15(5)10-14(16,3)4/h11-12H,6-10H2,1-5H3,(H,17,18). The molecule has 1 aliphatic heterocycles. The van der Waals surface area contributed by atoms with Crippen LogP contribution in [0.15, 0.2) is 0 Å². The number of rotatable bonds is 4. The lowest BCUT2D eigenvalue weighted by Gasteiger charge is -2.38. The molecule has 18 heavy (non-hydrogen) atoms. The predicted molar refractivity (Wildman–Crippen MR) is 73.7 cm³/mol. The van der Waals surface area contributed by atoms with E-state index < -0.39 is 5.97 Å². The molecule has 4 heteroatoms. The van der Waals surface area contributed by atoms with Gasteiger partial charge in [-0.1, -0.05) is 13.8 Å². The molecule has 1 rings (SSSR count). The van der Waals surface area contributed by atoms with Gasteiger partial charge in [0.25, 0.3) is 0 Å². The van der Waals surface area contributed by atoms with E-state index in [4.69, 9.17) is 0 Å². The second-order valence-corrected chi connectivity index (χ2v) is 6.67. The summed E-state index contributed by atoms with van der Waals surface area (Å²) in [6, 6.07) is 0. The zero-order chi connectivity index (χ0) is 13.9. The summed E-state index contributed by atoms with van der Waals surface area (Å²) in [6.07, 6.45) is 1.12. The van der Waals surface area contributed by atoms with Gasteiger partial charge in [0.1, 0.15) is 0 Å². The van der Waals surface area contributed by atoms with Crippen molar-refractivity contribution in [2.45, 2.75) is 39.7 Å². The van der Waals surface area contributed by atoms with Gasteiger partial charge in [-0.25, -0.2) is 0 Å². The van der Waals surface area contributed by atoms with E-state index >= 15 is 0 Å². The Morgan fingerprint density at radius 1 is 1.39 bits per heavy atom. The first-order valence-electron chi connectivity index (χ1n) is 6.89. The van der Waals surface area contributed by atoms with E-state index in [9.17, 15) is 9.90 Å². The highest BCUT2D eigenvalue weighted by molar-refractivity contribution is 5.70. The molecule has 0 amide bonds. The van der Waals surface area contributed by atoms with Crippen molar-refractivity contribution in [2.24, 2.45) is 11.8 Å². The molecule has 106 valence electrons. The first-order chi connectivity index (χ1) is 8.22. The molecule has 0 aromatic carbocycles. The van der Waals surface area contributed by atoms with E-state index in [1.165, 1.54) is 0 Å². The first-order valence-corrected chi connectivity index (χ1v) is 6.89. The zero-order valence-corrected chi connectivity index (χ0v) is 12.4. The van der Waals surface area contributed by atoms with Gasteiger partial charge in [-0.15, -0.1) is 0 Å². The van der Waals surface area contributed by atoms with E-state index in [2.05, 4.69) is 37.5 Å². The van der Waals surface area contributed by atoms with Crippen LogP contribution in [0.5, 0.6) is 0 Å².